The first-order chi connectivity index (χ1) is 29.2. The molecule has 2 aromatic heterocycles. The van der Waals surface area contributed by atoms with Crippen molar-refractivity contribution in [2.24, 2.45) is 0 Å². The highest BCUT2D eigenvalue weighted by atomic mass is 16.5. The van der Waals surface area contributed by atoms with Gasteiger partial charge >= 0.3 is 0 Å². The fourth-order valence-corrected chi connectivity index (χ4v) is 9.32. The van der Waals surface area contributed by atoms with Gasteiger partial charge in [0.15, 0.2) is 17.5 Å². The minimum atomic E-state index is -0.728. The Labute approximate surface area is 339 Å². The molecule has 0 fully saturated rings. The van der Waals surface area contributed by atoms with Gasteiger partial charge in [0.05, 0.1) is 17.0 Å². The van der Waals surface area contributed by atoms with Crippen LogP contribution in [0.2, 0.25) is 0 Å². The summed E-state index contributed by atoms with van der Waals surface area (Å²) >= 11 is 0. The number of hydrogen-bond donors (Lipinski definition) is 0. The van der Waals surface area contributed by atoms with E-state index >= 15 is 0 Å². The van der Waals surface area contributed by atoms with Crippen molar-refractivity contribution in [3.05, 3.63) is 210 Å². The van der Waals surface area contributed by atoms with Crippen LogP contribution in [0.3, 0.4) is 0 Å². The normalized spacial score (nSPS) is 13.0. The Morgan fingerprint density at radius 3 is 1.81 bits per heavy atom. The average molecular weight is 755 g/mol. The van der Waals surface area contributed by atoms with Crippen LogP contribution in [0.5, 0.6) is 11.5 Å². The van der Waals surface area contributed by atoms with Crippen LogP contribution in [-0.4, -0.2) is 15.0 Å². The Kier molecular flexibility index (Phi) is 7.11. The lowest BCUT2D eigenvalue weighted by atomic mass is 9.65. The zero-order valence-electron chi connectivity index (χ0n) is 31.4. The van der Waals surface area contributed by atoms with Gasteiger partial charge in [-0.05, 0) is 70.3 Å². The third-order valence-electron chi connectivity index (χ3n) is 11.9. The number of hydrogen-bond acceptors (Lipinski definition) is 6. The summed E-state index contributed by atoms with van der Waals surface area (Å²) in [6.45, 7) is 0. The zero-order valence-corrected chi connectivity index (χ0v) is 31.4. The number of nitriles is 1. The van der Waals surface area contributed by atoms with Gasteiger partial charge < -0.3 is 9.15 Å². The molecule has 0 bridgehead atoms. The summed E-state index contributed by atoms with van der Waals surface area (Å²) in [5.74, 6) is 3.23. The first-order valence-corrected chi connectivity index (χ1v) is 19.6. The van der Waals surface area contributed by atoms with Crippen LogP contribution in [0.15, 0.2) is 186 Å². The van der Waals surface area contributed by atoms with Gasteiger partial charge in [-0.15, -0.1) is 0 Å². The second-order valence-corrected chi connectivity index (χ2v) is 15.0. The zero-order chi connectivity index (χ0) is 39.1. The minimum absolute atomic E-state index is 0.549. The maximum Gasteiger partial charge on any atom is 0.164 e. The van der Waals surface area contributed by atoms with Gasteiger partial charge in [0, 0.05) is 44.2 Å². The fourth-order valence-electron chi connectivity index (χ4n) is 9.32. The molecular weight excluding hydrogens is 725 g/mol. The molecule has 0 unspecified atom stereocenters. The van der Waals surface area contributed by atoms with Gasteiger partial charge in [-0.1, -0.05) is 140 Å². The van der Waals surface area contributed by atoms with Crippen LogP contribution in [-0.2, 0) is 5.41 Å². The van der Waals surface area contributed by atoms with Gasteiger partial charge in [-0.25, -0.2) is 15.0 Å². The predicted molar refractivity (Wildman–Crippen MR) is 231 cm³/mol. The summed E-state index contributed by atoms with van der Waals surface area (Å²) in [6.07, 6.45) is 0. The molecule has 1 spiro atoms. The number of benzene rings is 8. The molecule has 0 saturated carbocycles. The summed E-state index contributed by atoms with van der Waals surface area (Å²) in [5, 5.41) is 11.5. The Bertz CT molecular complexity index is 3340. The van der Waals surface area contributed by atoms with Crippen molar-refractivity contribution in [1.29, 1.82) is 5.26 Å². The summed E-state index contributed by atoms with van der Waals surface area (Å²) in [7, 11) is 0. The summed E-state index contributed by atoms with van der Waals surface area (Å²) in [4.78, 5) is 15.6. The summed E-state index contributed by atoms with van der Waals surface area (Å²) in [6, 6.07) is 64.3. The van der Waals surface area contributed by atoms with Crippen molar-refractivity contribution in [2.45, 2.75) is 5.41 Å². The maximum atomic E-state index is 9.56. The second-order valence-electron chi connectivity index (χ2n) is 15.0. The van der Waals surface area contributed by atoms with Crippen molar-refractivity contribution in [3.63, 3.8) is 0 Å². The van der Waals surface area contributed by atoms with E-state index in [-0.39, 0.29) is 0 Å². The molecule has 6 heteroatoms. The van der Waals surface area contributed by atoms with E-state index in [1.165, 1.54) is 22.3 Å². The molecule has 3 heterocycles. The Morgan fingerprint density at radius 1 is 0.441 bits per heavy atom. The largest absolute Gasteiger partial charge is 0.456 e. The lowest BCUT2D eigenvalue weighted by molar-refractivity contribution is 0.438. The van der Waals surface area contributed by atoms with E-state index in [4.69, 9.17) is 24.1 Å². The standard InChI is InChI=1S/C53H30N4O2/c54-31-32-24-26-33(27-25-32)36-17-10-21-43-49(36)59-46-29-28-35(30-44(46)53(43)41-19-7-4-14-37(41)38-15-5-8-20-42(38)53)51-55-50(34-12-2-1-3-13-34)56-52(57-51)40-18-11-23-47-48(40)39-16-6-9-22-45(39)58-47/h1-30H. The third-order valence-corrected chi connectivity index (χ3v) is 11.9. The molecule has 0 saturated heterocycles. The minimum Gasteiger partial charge on any atom is -0.456 e. The molecule has 1 aliphatic heterocycles. The molecule has 0 amide bonds. The van der Waals surface area contributed by atoms with E-state index in [1.54, 1.807) is 0 Å². The molecule has 12 rings (SSSR count). The van der Waals surface area contributed by atoms with Crippen molar-refractivity contribution < 1.29 is 9.15 Å². The number of fused-ring (bicyclic) bond motifs is 12. The highest BCUT2D eigenvalue weighted by Crippen LogP contribution is 2.63. The average Bonchev–Trinajstić information content (AvgIpc) is 3.83. The Morgan fingerprint density at radius 2 is 1.03 bits per heavy atom. The van der Waals surface area contributed by atoms with Crippen LogP contribution in [0.4, 0.5) is 0 Å². The maximum absolute atomic E-state index is 9.56. The first-order valence-electron chi connectivity index (χ1n) is 19.6. The quantitative estimate of drug-likeness (QED) is 0.178. The molecule has 59 heavy (non-hydrogen) atoms. The molecule has 274 valence electrons. The topological polar surface area (TPSA) is 84.8 Å². The van der Waals surface area contributed by atoms with Crippen LogP contribution >= 0.6 is 0 Å². The molecule has 1 aliphatic carbocycles. The van der Waals surface area contributed by atoms with Crippen molar-refractivity contribution in [1.82, 2.24) is 15.0 Å². The van der Waals surface area contributed by atoms with E-state index < -0.39 is 5.41 Å². The van der Waals surface area contributed by atoms with Crippen LogP contribution in [0.1, 0.15) is 27.8 Å². The van der Waals surface area contributed by atoms with E-state index in [9.17, 15) is 5.26 Å². The van der Waals surface area contributed by atoms with Crippen molar-refractivity contribution in [2.75, 3.05) is 0 Å². The number of nitrogens with zero attached hydrogens (tertiary/aromatic N) is 4. The number of ether oxygens (including phenoxy) is 1. The van der Waals surface area contributed by atoms with Crippen LogP contribution < -0.4 is 4.74 Å². The van der Waals surface area contributed by atoms with E-state index in [0.717, 1.165) is 72.4 Å². The van der Waals surface area contributed by atoms with E-state index in [0.29, 0.717) is 23.0 Å². The number of rotatable bonds is 4. The summed E-state index contributed by atoms with van der Waals surface area (Å²) < 4.78 is 13.4. The van der Waals surface area contributed by atoms with Gasteiger partial charge in [-0.3, -0.25) is 0 Å². The van der Waals surface area contributed by atoms with E-state index in [2.05, 4.69) is 103 Å². The molecule has 0 radical (unpaired) electrons. The van der Waals surface area contributed by atoms with Gasteiger partial charge in [0.1, 0.15) is 22.7 Å². The van der Waals surface area contributed by atoms with Crippen molar-refractivity contribution >= 4 is 21.9 Å². The lowest BCUT2D eigenvalue weighted by Gasteiger charge is -2.40. The van der Waals surface area contributed by atoms with Gasteiger partial charge in [-0.2, -0.15) is 5.26 Å². The molecule has 0 atom stereocenters. The highest BCUT2D eigenvalue weighted by Gasteiger charge is 2.51. The van der Waals surface area contributed by atoms with Crippen molar-refractivity contribution in [3.8, 4) is 74.0 Å². The smallest absolute Gasteiger partial charge is 0.164 e. The molecule has 10 aromatic rings. The SMILES string of the molecule is N#Cc1ccc(-c2cccc3c2Oc2ccc(-c4nc(-c5ccccc5)nc(-c5cccc6oc7ccccc7c56)n4)cc2C32c3ccccc3-c3ccccc32)cc1. The van der Waals surface area contributed by atoms with E-state index in [1.807, 2.05) is 84.9 Å². The molecular formula is C53H30N4O2. The lowest BCUT2D eigenvalue weighted by Crippen LogP contribution is -2.32. The third kappa shape index (κ3) is 4.82. The van der Waals surface area contributed by atoms with Gasteiger partial charge in [0.25, 0.3) is 0 Å². The van der Waals surface area contributed by atoms with Gasteiger partial charge in [0.2, 0.25) is 0 Å². The number of aromatic nitrogens is 3. The summed E-state index contributed by atoms with van der Waals surface area (Å²) in [5.41, 5.74) is 12.8. The fraction of sp³-hybridized carbons (Fsp3) is 0.0189. The molecule has 8 aromatic carbocycles. The highest BCUT2D eigenvalue weighted by molar-refractivity contribution is 6.11. The van der Waals surface area contributed by atoms with Crippen LogP contribution in [0.25, 0.3) is 78.4 Å². The molecule has 2 aliphatic rings. The predicted octanol–water partition coefficient (Wildman–Crippen LogP) is 12.8. The molecule has 0 N–H and O–H groups in total. The number of furan rings is 1. The first kappa shape index (κ1) is 33.0. The Hall–Kier alpha value is -8.14. The Balaban J connectivity index is 1.12. The number of para-hydroxylation sites is 2. The monoisotopic (exact) mass is 754 g/mol. The molecule has 6 nitrogen and oxygen atoms in total. The van der Waals surface area contributed by atoms with Crippen LogP contribution in [0, 0.1) is 11.3 Å². The second kappa shape index (κ2) is 12.7.